The van der Waals surface area contributed by atoms with Crippen LogP contribution in [0.4, 0.5) is 0 Å². The van der Waals surface area contributed by atoms with Crippen molar-refractivity contribution >= 4 is 0 Å². The molecule has 1 saturated heterocycles. The normalized spacial score (nSPS) is 33.1. The summed E-state index contributed by atoms with van der Waals surface area (Å²) in [5, 5.41) is 56.7. The Kier molecular flexibility index (Phi) is 5.31. The van der Waals surface area contributed by atoms with Crippen molar-refractivity contribution in [2.45, 2.75) is 36.8 Å². The zero-order chi connectivity index (χ0) is 16.3. The fraction of sp³-hybridized carbons (Fsp3) is 0.500. The molecule has 8 nitrogen and oxygen atoms in total. The molecule has 0 bridgehead atoms. The summed E-state index contributed by atoms with van der Waals surface area (Å²) in [7, 11) is 0. The number of phenols is 1. The number of benzene rings is 1. The van der Waals surface area contributed by atoms with Gasteiger partial charge < -0.3 is 35.0 Å². The molecule has 0 aliphatic carbocycles. The Morgan fingerprint density at radius 3 is 2.32 bits per heavy atom. The second-order valence-corrected chi connectivity index (χ2v) is 4.93. The number of phenolic OH excluding ortho intramolecular Hbond substituents is 1. The van der Waals surface area contributed by atoms with Crippen molar-refractivity contribution in [1.82, 2.24) is 0 Å². The zero-order valence-corrected chi connectivity index (χ0v) is 11.5. The lowest BCUT2D eigenvalue weighted by Gasteiger charge is -2.40. The summed E-state index contributed by atoms with van der Waals surface area (Å²) in [6.45, 7) is -0.582. The smallest absolute Gasteiger partial charge is 0.188 e. The summed E-state index contributed by atoms with van der Waals surface area (Å²) in [6.07, 6.45) is -8.27. The van der Waals surface area contributed by atoms with Crippen LogP contribution in [0.1, 0.15) is 11.7 Å². The van der Waals surface area contributed by atoms with Crippen molar-refractivity contribution in [3.8, 4) is 11.8 Å². The fourth-order valence-electron chi connectivity index (χ4n) is 2.15. The first-order chi connectivity index (χ1) is 10.5. The number of nitriles is 1. The number of rotatable bonds is 4. The van der Waals surface area contributed by atoms with Gasteiger partial charge in [0.15, 0.2) is 12.4 Å². The molecule has 1 aromatic carbocycles. The fourth-order valence-corrected chi connectivity index (χ4v) is 2.15. The third kappa shape index (κ3) is 3.36. The molecule has 1 heterocycles. The van der Waals surface area contributed by atoms with Crippen molar-refractivity contribution < 1.29 is 35.0 Å². The maximum Gasteiger partial charge on any atom is 0.188 e. The van der Waals surface area contributed by atoms with Gasteiger partial charge in [-0.3, -0.25) is 0 Å². The number of nitrogens with zero attached hydrogens (tertiary/aromatic N) is 1. The minimum Gasteiger partial charge on any atom is -0.508 e. The van der Waals surface area contributed by atoms with E-state index in [0.29, 0.717) is 5.56 Å². The predicted molar refractivity (Wildman–Crippen MR) is 71.3 cm³/mol. The van der Waals surface area contributed by atoms with Crippen molar-refractivity contribution in [3.63, 3.8) is 0 Å². The van der Waals surface area contributed by atoms with Crippen LogP contribution in [-0.4, -0.2) is 62.8 Å². The molecule has 22 heavy (non-hydrogen) atoms. The summed E-state index contributed by atoms with van der Waals surface area (Å²) in [6, 6.07) is 7.54. The number of ether oxygens (including phenoxy) is 2. The van der Waals surface area contributed by atoms with Crippen LogP contribution in [0.25, 0.3) is 0 Å². The van der Waals surface area contributed by atoms with Crippen LogP contribution < -0.4 is 0 Å². The monoisotopic (exact) mass is 311 g/mol. The van der Waals surface area contributed by atoms with Gasteiger partial charge in [-0.15, -0.1) is 0 Å². The van der Waals surface area contributed by atoms with Gasteiger partial charge in [-0.1, -0.05) is 12.1 Å². The van der Waals surface area contributed by atoms with Crippen molar-refractivity contribution in [2.24, 2.45) is 0 Å². The molecule has 0 saturated carbocycles. The van der Waals surface area contributed by atoms with E-state index in [1.807, 2.05) is 6.07 Å². The van der Waals surface area contributed by atoms with E-state index in [4.69, 9.17) is 14.6 Å². The maximum absolute atomic E-state index is 9.87. The highest BCUT2D eigenvalue weighted by molar-refractivity contribution is 5.29. The third-order valence-corrected chi connectivity index (χ3v) is 3.43. The second-order valence-electron chi connectivity index (χ2n) is 4.93. The Balaban J connectivity index is 2.13. The van der Waals surface area contributed by atoms with Gasteiger partial charge in [0.25, 0.3) is 0 Å². The second kappa shape index (κ2) is 7.02. The van der Waals surface area contributed by atoms with Crippen LogP contribution >= 0.6 is 0 Å². The van der Waals surface area contributed by atoms with Gasteiger partial charge in [0.05, 0.1) is 12.7 Å². The van der Waals surface area contributed by atoms with Crippen molar-refractivity contribution in [2.75, 3.05) is 6.61 Å². The van der Waals surface area contributed by atoms with Crippen LogP contribution in [0.5, 0.6) is 5.75 Å². The van der Waals surface area contributed by atoms with Gasteiger partial charge in [0, 0.05) is 0 Å². The molecule has 0 radical (unpaired) electrons. The molecule has 1 fully saturated rings. The Bertz CT molecular complexity index is 527. The first-order valence-electron chi connectivity index (χ1n) is 6.62. The SMILES string of the molecule is N#CC(OC1O[C@H](CO)[C@@H](O)[C@H](O)[C@H]1O)c1ccc(O)cc1. The molecule has 0 spiro atoms. The summed E-state index contributed by atoms with van der Waals surface area (Å²) in [5.74, 6) is 0.0216. The minimum absolute atomic E-state index is 0.0216. The van der Waals surface area contributed by atoms with Gasteiger partial charge in [-0.2, -0.15) is 5.26 Å². The summed E-state index contributed by atoms with van der Waals surface area (Å²) >= 11 is 0. The van der Waals surface area contributed by atoms with Gasteiger partial charge in [-0.25, -0.2) is 0 Å². The molecule has 8 heteroatoms. The molecule has 2 rings (SSSR count). The van der Waals surface area contributed by atoms with Crippen molar-refractivity contribution in [3.05, 3.63) is 29.8 Å². The number of hydrogen-bond donors (Lipinski definition) is 5. The summed E-state index contributed by atoms with van der Waals surface area (Å²) in [4.78, 5) is 0. The number of aliphatic hydroxyl groups excluding tert-OH is 4. The molecular weight excluding hydrogens is 294 g/mol. The molecule has 1 aliphatic heterocycles. The van der Waals surface area contributed by atoms with E-state index in [-0.39, 0.29) is 5.75 Å². The van der Waals surface area contributed by atoms with Crippen molar-refractivity contribution in [1.29, 1.82) is 5.26 Å². The average molecular weight is 311 g/mol. The molecule has 0 aromatic heterocycles. The molecule has 0 amide bonds. The zero-order valence-electron chi connectivity index (χ0n) is 11.5. The lowest BCUT2D eigenvalue weighted by Crippen LogP contribution is -2.59. The Morgan fingerprint density at radius 1 is 1.14 bits per heavy atom. The molecular formula is C14H17NO7. The standard InChI is InChI=1S/C14H17NO7/c15-5-9(7-1-3-8(17)4-2-7)21-14-13(20)12(19)11(18)10(6-16)22-14/h1-4,9-14,16-20H,6H2/t9?,10-,11-,12+,13-,14?/m1/s1. The maximum atomic E-state index is 9.87. The van der Waals surface area contributed by atoms with E-state index >= 15 is 0 Å². The van der Waals surface area contributed by atoms with Gasteiger partial charge >= 0.3 is 0 Å². The van der Waals surface area contributed by atoms with Crippen LogP contribution in [-0.2, 0) is 9.47 Å². The lowest BCUT2D eigenvalue weighted by atomic mass is 9.99. The average Bonchev–Trinajstić information content (AvgIpc) is 2.53. The van der Waals surface area contributed by atoms with E-state index in [0.717, 1.165) is 0 Å². The van der Waals surface area contributed by atoms with Crippen LogP contribution in [0, 0.1) is 11.3 Å². The number of aliphatic hydroxyl groups is 4. The highest BCUT2D eigenvalue weighted by Gasteiger charge is 2.44. The number of aromatic hydroxyl groups is 1. The third-order valence-electron chi connectivity index (χ3n) is 3.43. The quantitative estimate of drug-likeness (QED) is 0.465. The Hall–Kier alpha value is -1.73. The molecule has 120 valence electrons. The lowest BCUT2D eigenvalue weighted by molar-refractivity contribution is -0.307. The van der Waals surface area contributed by atoms with Crippen LogP contribution in [0.2, 0.25) is 0 Å². The molecule has 2 unspecified atom stereocenters. The Labute approximate surface area is 126 Å². The van der Waals surface area contributed by atoms with E-state index < -0.39 is 43.4 Å². The van der Waals surface area contributed by atoms with Gasteiger partial charge in [0.1, 0.15) is 30.2 Å². The molecule has 1 aromatic rings. The topological polar surface area (TPSA) is 143 Å². The molecule has 5 N–H and O–H groups in total. The van der Waals surface area contributed by atoms with Gasteiger partial charge in [0.2, 0.25) is 0 Å². The number of hydrogen-bond acceptors (Lipinski definition) is 8. The highest BCUT2D eigenvalue weighted by atomic mass is 16.7. The van der Waals surface area contributed by atoms with E-state index in [2.05, 4.69) is 0 Å². The first-order valence-corrected chi connectivity index (χ1v) is 6.62. The minimum atomic E-state index is -1.58. The summed E-state index contributed by atoms with van der Waals surface area (Å²) in [5.41, 5.74) is 0.414. The van der Waals surface area contributed by atoms with Crippen LogP contribution in [0.3, 0.4) is 0 Å². The highest BCUT2D eigenvalue weighted by Crippen LogP contribution is 2.27. The Morgan fingerprint density at radius 2 is 1.77 bits per heavy atom. The first kappa shape index (κ1) is 16.6. The van der Waals surface area contributed by atoms with Gasteiger partial charge in [-0.05, 0) is 17.7 Å². The molecule has 6 atom stereocenters. The van der Waals surface area contributed by atoms with E-state index in [9.17, 15) is 25.7 Å². The predicted octanol–water partition coefficient (Wildman–Crippen LogP) is -1.23. The summed E-state index contributed by atoms with van der Waals surface area (Å²) < 4.78 is 10.5. The largest absolute Gasteiger partial charge is 0.508 e. The van der Waals surface area contributed by atoms with Crippen LogP contribution in [0.15, 0.2) is 24.3 Å². The van der Waals surface area contributed by atoms with E-state index in [1.54, 1.807) is 0 Å². The molecule has 1 aliphatic rings. The van der Waals surface area contributed by atoms with E-state index in [1.165, 1.54) is 24.3 Å².